The molecule has 0 bridgehead atoms. The van der Waals surface area contributed by atoms with Crippen LogP contribution in [0.2, 0.25) is 0 Å². The van der Waals surface area contributed by atoms with Gasteiger partial charge in [0.2, 0.25) is 0 Å². The third-order valence-corrected chi connectivity index (χ3v) is 4.47. The first kappa shape index (κ1) is 15.4. The molecule has 1 saturated carbocycles. The smallest absolute Gasteiger partial charge is 0.130 e. The molecule has 0 aromatic heterocycles. The maximum Gasteiger partial charge on any atom is 0.130 e. The lowest BCUT2D eigenvalue weighted by molar-refractivity contribution is 0.103. The van der Waals surface area contributed by atoms with Crippen molar-refractivity contribution in [1.82, 2.24) is 4.90 Å². The molecule has 1 aliphatic carbocycles. The van der Waals surface area contributed by atoms with Crippen LogP contribution in [0.1, 0.15) is 38.2 Å². The fourth-order valence-corrected chi connectivity index (χ4v) is 3.29. The van der Waals surface area contributed by atoms with E-state index in [-0.39, 0.29) is 5.56 Å². The largest absolute Gasteiger partial charge is 0.330 e. The Bertz CT molecular complexity index is 416. The minimum atomic E-state index is -0.455. The second kappa shape index (κ2) is 7.14. The van der Waals surface area contributed by atoms with Crippen LogP contribution in [0.25, 0.3) is 0 Å². The van der Waals surface area contributed by atoms with Crippen LogP contribution in [-0.4, -0.2) is 24.0 Å². The zero-order valence-corrected chi connectivity index (χ0v) is 12.1. The predicted octanol–water partition coefficient (Wildman–Crippen LogP) is 3.30. The SMILES string of the molecule is CCN(Cc1c(F)cccc1F)C1CCCCC1CN. The van der Waals surface area contributed by atoms with Gasteiger partial charge in [0.25, 0.3) is 0 Å². The van der Waals surface area contributed by atoms with Gasteiger partial charge in [-0.05, 0) is 44.0 Å². The molecule has 20 heavy (non-hydrogen) atoms. The highest BCUT2D eigenvalue weighted by molar-refractivity contribution is 5.19. The van der Waals surface area contributed by atoms with Gasteiger partial charge in [0.15, 0.2) is 0 Å². The molecule has 1 aromatic rings. The molecule has 2 rings (SSSR count). The van der Waals surface area contributed by atoms with E-state index in [1.165, 1.54) is 31.0 Å². The van der Waals surface area contributed by atoms with Crippen LogP contribution in [0.15, 0.2) is 18.2 Å². The average Bonchev–Trinajstić information content (AvgIpc) is 2.47. The normalized spacial score (nSPS) is 23.2. The Morgan fingerprint density at radius 3 is 2.45 bits per heavy atom. The van der Waals surface area contributed by atoms with Crippen LogP contribution in [-0.2, 0) is 6.54 Å². The molecule has 2 unspecified atom stereocenters. The van der Waals surface area contributed by atoms with Gasteiger partial charge in [0, 0.05) is 18.2 Å². The predicted molar refractivity (Wildman–Crippen MR) is 77.2 cm³/mol. The van der Waals surface area contributed by atoms with Crippen molar-refractivity contribution in [3.05, 3.63) is 35.4 Å². The van der Waals surface area contributed by atoms with Crippen molar-refractivity contribution in [2.75, 3.05) is 13.1 Å². The number of halogens is 2. The van der Waals surface area contributed by atoms with Gasteiger partial charge in [-0.2, -0.15) is 0 Å². The topological polar surface area (TPSA) is 29.3 Å². The van der Waals surface area contributed by atoms with Crippen molar-refractivity contribution >= 4 is 0 Å². The van der Waals surface area contributed by atoms with Crippen LogP contribution in [0.5, 0.6) is 0 Å². The van der Waals surface area contributed by atoms with E-state index in [1.807, 2.05) is 6.92 Å². The van der Waals surface area contributed by atoms with E-state index >= 15 is 0 Å². The van der Waals surface area contributed by atoms with E-state index in [0.29, 0.717) is 25.0 Å². The van der Waals surface area contributed by atoms with Crippen LogP contribution in [0.4, 0.5) is 8.78 Å². The quantitative estimate of drug-likeness (QED) is 0.898. The number of benzene rings is 1. The minimum absolute atomic E-state index is 0.177. The second-order valence-corrected chi connectivity index (χ2v) is 5.61. The molecule has 0 radical (unpaired) electrons. The summed E-state index contributed by atoms with van der Waals surface area (Å²) in [6, 6.07) is 4.41. The highest BCUT2D eigenvalue weighted by Crippen LogP contribution is 2.29. The molecule has 112 valence electrons. The number of rotatable bonds is 5. The van der Waals surface area contributed by atoms with Crippen molar-refractivity contribution in [1.29, 1.82) is 0 Å². The molecule has 0 amide bonds. The first-order valence-electron chi connectivity index (χ1n) is 7.54. The minimum Gasteiger partial charge on any atom is -0.330 e. The molecule has 1 aliphatic rings. The van der Waals surface area contributed by atoms with Gasteiger partial charge < -0.3 is 5.73 Å². The summed E-state index contributed by atoms with van der Waals surface area (Å²) in [4.78, 5) is 2.18. The number of hydrogen-bond donors (Lipinski definition) is 1. The third kappa shape index (κ3) is 3.36. The summed E-state index contributed by atoms with van der Waals surface area (Å²) < 4.78 is 27.6. The Morgan fingerprint density at radius 2 is 1.85 bits per heavy atom. The van der Waals surface area contributed by atoms with Gasteiger partial charge in [-0.15, -0.1) is 0 Å². The van der Waals surface area contributed by atoms with Gasteiger partial charge in [-0.25, -0.2) is 8.78 Å². The first-order chi connectivity index (χ1) is 9.67. The number of hydrogen-bond acceptors (Lipinski definition) is 2. The van der Waals surface area contributed by atoms with Crippen molar-refractivity contribution < 1.29 is 8.78 Å². The van der Waals surface area contributed by atoms with Gasteiger partial charge in [0.1, 0.15) is 11.6 Å². The fourth-order valence-electron chi connectivity index (χ4n) is 3.29. The van der Waals surface area contributed by atoms with Gasteiger partial charge in [0.05, 0.1) is 0 Å². The first-order valence-corrected chi connectivity index (χ1v) is 7.54. The van der Waals surface area contributed by atoms with E-state index in [4.69, 9.17) is 5.73 Å². The zero-order valence-electron chi connectivity index (χ0n) is 12.1. The average molecular weight is 282 g/mol. The molecule has 2 N–H and O–H groups in total. The van der Waals surface area contributed by atoms with Crippen LogP contribution < -0.4 is 5.73 Å². The Balaban J connectivity index is 2.15. The molecule has 0 spiro atoms. The summed E-state index contributed by atoms with van der Waals surface area (Å²) in [5.41, 5.74) is 6.04. The summed E-state index contributed by atoms with van der Waals surface area (Å²) in [7, 11) is 0. The maximum absolute atomic E-state index is 13.8. The highest BCUT2D eigenvalue weighted by atomic mass is 19.1. The summed E-state index contributed by atoms with van der Waals surface area (Å²) in [5, 5.41) is 0. The van der Waals surface area contributed by atoms with E-state index in [9.17, 15) is 8.78 Å². The number of nitrogens with two attached hydrogens (primary N) is 1. The van der Waals surface area contributed by atoms with E-state index in [0.717, 1.165) is 19.4 Å². The molecule has 0 aliphatic heterocycles. The van der Waals surface area contributed by atoms with Crippen LogP contribution >= 0.6 is 0 Å². The zero-order chi connectivity index (χ0) is 14.5. The molecular weight excluding hydrogens is 258 g/mol. The van der Waals surface area contributed by atoms with Crippen molar-refractivity contribution in [3.8, 4) is 0 Å². The highest BCUT2D eigenvalue weighted by Gasteiger charge is 2.29. The van der Waals surface area contributed by atoms with Crippen molar-refractivity contribution in [3.63, 3.8) is 0 Å². The summed E-state index contributed by atoms with van der Waals surface area (Å²) in [6.45, 7) is 3.81. The van der Waals surface area contributed by atoms with Crippen LogP contribution in [0, 0.1) is 17.6 Å². The second-order valence-electron chi connectivity index (χ2n) is 5.61. The van der Waals surface area contributed by atoms with E-state index < -0.39 is 11.6 Å². The molecule has 4 heteroatoms. The molecule has 0 heterocycles. The van der Waals surface area contributed by atoms with Crippen molar-refractivity contribution in [2.45, 2.75) is 45.2 Å². The molecule has 0 saturated heterocycles. The molecule has 2 nitrogen and oxygen atoms in total. The Morgan fingerprint density at radius 1 is 1.20 bits per heavy atom. The Kier molecular flexibility index (Phi) is 5.49. The molecule has 1 aromatic carbocycles. The standard InChI is InChI=1S/C16H24F2N2/c1-2-20(16-9-4-3-6-12(16)10-19)11-13-14(17)7-5-8-15(13)18/h5,7-8,12,16H,2-4,6,9-11,19H2,1H3. The van der Waals surface area contributed by atoms with Crippen molar-refractivity contribution in [2.24, 2.45) is 11.7 Å². The van der Waals surface area contributed by atoms with Gasteiger partial charge >= 0.3 is 0 Å². The Labute approximate surface area is 120 Å². The maximum atomic E-state index is 13.8. The summed E-state index contributed by atoms with van der Waals surface area (Å²) >= 11 is 0. The lowest BCUT2D eigenvalue weighted by Gasteiger charge is -2.39. The van der Waals surface area contributed by atoms with Crippen LogP contribution in [0.3, 0.4) is 0 Å². The third-order valence-electron chi connectivity index (χ3n) is 4.47. The van der Waals surface area contributed by atoms with Gasteiger partial charge in [-0.3, -0.25) is 4.90 Å². The lowest BCUT2D eigenvalue weighted by Crippen LogP contribution is -2.44. The summed E-state index contributed by atoms with van der Waals surface area (Å²) in [5.74, 6) is -0.467. The summed E-state index contributed by atoms with van der Waals surface area (Å²) in [6.07, 6.45) is 4.59. The molecule has 1 fully saturated rings. The van der Waals surface area contributed by atoms with E-state index in [1.54, 1.807) is 0 Å². The lowest BCUT2D eigenvalue weighted by atomic mass is 9.83. The van der Waals surface area contributed by atoms with Gasteiger partial charge in [-0.1, -0.05) is 25.8 Å². The monoisotopic (exact) mass is 282 g/mol. The molecular formula is C16H24F2N2. The Hall–Kier alpha value is -1.00. The molecule has 2 atom stereocenters. The fraction of sp³-hybridized carbons (Fsp3) is 0.625. The number of nitrogens with zero attached hydrogens (tertiary/aromatic N) is 1. The van der Waals surface area contributed by atoms with E-state index in [2.05, 4.69) is 4.90 Å².